The lowest BCUT2D eigenvalue weighted by atomic mass is 9.40. The topological polar surface area (TPSA) is 75.6 Å². The molecule has 1 aromatic carbocycles. The minimum absolute atomic E-state index is 0.0413. The molecule has 1 amide bonds. The summed E-state index contributed by atoms with van der Waals surface area (Å²) in [6, 6.07) is 7.62. The van der Waals surface area contributed by atoms with Crippen molar-refractivity contribution in [2.45, 2.75) is 105 Å². The number of methoxy groups -OCH3 is 1. The smallest absolute Gasteiger partial charge is 0.305 e. The van der Waals surface area contributed by atoms with Gasteiger partial charge in [0.2, 0.25) is 0 Å². The molecule has 4 saturated carbocycles. The van der Waals surface area contributed by atoms with Crippen LogP contribution in [0.15, 0.2) is 24.3 Å². The summed E-state index contributed by atoms with van der Waals surface area (Å²) in [5.74, 6) is 5.45. The van der Waals surface area contributed by atoms with Crippen LogP contribution in [0.25, 0.3) is 0 Å². The predicted octanol–water partition coefficient (Wildman–Crippen LogP) is 7.02. The van der Waals surface area contributed by atoms with E-state index in [1.54, 1.807) is 0 Å². The van der Waals surface area contributed by atoms with Gasteiger partial charge in [-0.25, -0.2) is 0 Å². The molecule has 5 heteroatoms. The van der Waals surface area contributed by atoms with E-state index >= 15 is 0 Å². The lowest BCUT2D eigenvalue weighted by Crippen LogP contribution is -2.59. The van der Waals surface area contributed by atoms with Crippen LogP contribution in [0.4, 0.5) is 0 Å². The van der Waals surface area contributed by atoms with Crippen LogP contribution in [0.5, 0.6) is 0 Å². The average Bonchev–Trinajstić information content (AvgIpc) is 3.31. The highest BCUT2D eigenvalue weighted by molar-refractivity contribution is 5.95. The summed E-state index contributed by atoms with van der Waals surface area (Å²) in [4.78, 5) is 25.1. The number of amides is 1. The third-order valence-electron chi connectivity index (χ3n) is 13.2. The van der Waals surface area contributed by atoms with Gasteiger partial charge < -0.3 is 15.2 Å². The van der Waals surface area contributed by atoms with Crippen molar-refractivity contribution in [3.05, 3.63) is 35.4 Å². The SMILES string of the molecule is COC(=O)CCC(C)C1CCC2C3C(C)CC4CC(NC(=O)c5ccccc5CO)CCC4(C)C3CC(C)C12C. The summed E-state index contributed by atoms with van der Waals surface area (Å²) in [6.45, 7) is 12.6. The highest BCUT2D eigenvalue weighted by atomic mass is 16.5. The Kier molecular flexibility index (Phi) is 8.45. The normalized spacial score (nSPS) is 41.3. The molecule has 5 nitrogen and oxygen atoms in total. The van der Waals surface area contributed by atoms with E-state index in [0.717, 1.165) is 37.0 Å². The van der Waals surface area contributed by atoms with Gasteiger partial charge in [-0.2, -0.15) is 0 Å². The van der Waals surface area contributed by atoms with Gasteiger partial charge in [-0.3, -0.25) is 9.59 Å². The summed E-state index contributed by atoms with van der Waals surface area (Å²) in [5, 5.41) is 13.1. The molecule has 222 valence electrons. The Balaban J connectivity index is 1.30. The van der Waals surface area contributed by atoms with Crippen LogP contribution in [0.3, 0.4) is 0 Å². The number of hydrogen-bond acceptors (Lipinski definition) is 4. The third-order valence-corrected chi connectivity index (χ3v) is 13.2. The zero-order chi connectivity index (χ0) is 28.8. The van der Waals surface area contributed by atoms with Gasteiger partial charge in [0, 0.05) is 18.0 Å². The summed E-state index contributed by atoms with van der Waals surface area (Å²) in [5.41, 5.74) is 1.99. The molecule has 11 atom stereocenters. The van der Waals surface area contributed by atoms with Crippen LogP contribution in [0.2, 0.25) is 0 Å². The van der Waals surface area contributed by atoms with Gasteiger partial charge in [0.05, 0.1) is 13.7 Å². The van der Waals surface area contributed by atoms with Crippen molar-refractivity contribution in [2.75, 3.05) is 7.11 Å². The molecule has 1 aromatic rings. The highest BCUT2D eigenvalue weighted by Crippen LogP contribution is 2.71. The summed E-state index contributed by atoms with van der Waals surface area (Å²) in [7, 11) is 1.50. The van der Waals surface area contributed by atoms with Crippen LogP contribution in [0.1, 0.15) is 108 Å². The molecular weight excluding hydrogens is 498 g/mol. The highest BCUT2D eigenvalue weighted by Gasteiger charge is 2.64. The molecule has 40 heavy (non-hydrogen) atoms. The Labute approximate surface area is 242 Å². The van der Waals surface area contributed by atoms with Crippen molar-refractivity contribution in [1.29, 1.82) is 0 Å². The fourth-order valence-corrected chi connectivity index (χ4v) is 10.9. The second-order valence-electron chi connectivity index (χ2n) is 14.7. The Morgan fingerprint density at radius 1 is 1.07 bits per heavy atom. The van der Waals surface area contributed by atoms with Crippen LogP contribution in [-0.2, 0) is 16.1 Å². The van der Waals surface area contributed by atoms with Crippen molar-refractivity contribution < 1.29 is 19.4 Å². The first-order valence-electron chi connectivity index (χ1n) is 16.1. The number of esters is 1. The van der Waals surface area contributed by atoms with Crippen LogP contribution in [-0.4, -0.2) is 30.1 Å². The number of aliphatic hydroxyl groups excluding tert-OH is 1. The fraction of sp³-hybridized carbons (Fsp3) is 0.771. The van der Waals surface area contributed by atoms with Crippen LogP contribution in [0, 0.1) is 58.2 Å². The number of carbonyl (C=O) groups excluding carboxylic acids is 2. The van der Waals surface area contributed by atoms with Crippen molar-refractivity contribution in [2.24, 2.45) is 58.2 Å². The van der Waals surface area contributed by atoms with E-state index in [2.05, 4.69) is 39.9 Å². The van der Waals surface area contributed by atoms with Crippen molar-refractivity contribution in [3.63, 3.8) is 0 Å². The number of carbonyl (C=O) groups is 2. The maximum atomic E-state index is 13.2. The molecule has 4 fully saturated rings. The largest absolute Gasteiger partial charge is 0.469 e. The zero-order valence-electron chi connectivity index (χ0n) is 25.7. The second kappa shape index (κ2) is 11.4. The van der Waals surface area contributed by atoms with Crippen LogP contribution < -0.4 is 5.32 Å². The van der Waals surface area contributed by atoms with Gasteiger partial charge in [-0.05, 0) is 121 Å². The molecule has 4 aliphatic carbocycles. The van der Waals surface area contributed by atoms with E-state index in [4.69, 9.17) is 4.74 Å². The van der Waals surface area contributed by atoms with E-state index in [1.807, 2.05) is 24.3 Å². The van der Waals surface area contributed by atoms with Gasteiger partial charge in [0.25, 0.3) is 5.91 Å². The molecule has 2 N–H and O–H groups in total. The van der Waals surface area contributed by atoms with E-state index in [9.17, 15) is 14.7 Å². The Morgan fingerprint density at radius 2 is 1.82 bits per heavy atom. The van der Waals surface area contributed by atoms with Gasteiger partial charge in [-0.15, -0.1) is 0 Å². The minimum Gasteiger partial charge on any atom is -0.469 e. The van der Waals surface area contributed by atoms with E-state index < -0.39 is 0 Å². The molecule has 11 unspecified atom stereocenters. The molecule has 0 spiro atoms. The van der Waals surface area contributed by atoms with Gasteiger partial charge >= 0.3 is 5.97 Å². The van der Waals surface area contributed by atoms with Crippen molar-refractivity contribution in [1.82, 2.24) is 5.32 Å². The first-order valence-corrected chi connectivity index (χ1v) is 16.1. The zero-order valence-corrected chi connectivity index (χ0v) is 25.7. The van der Waals surface area contributed by atoms with Gasteiger partial charge in [0.15, 0.2) is 0 Å². The molecule has 0 aromatic heterocycles. The summed E-state index contributed by atoms with van der Waals surface area (Å²) < 4.78 is 4.95. The quantitative estimate of drug-likeness (QED) is 0.357. The molecule has 0 saturated heterocycles. The number of aliphatic hydroxyl groups is 1. The first-order chi connectivity index (χ1) is 19.0. The van der Waals surface area contributed by atoms with Crippen molar-refractivity contribution >= 4 is 11.9 Å². The van der Waals surface area contributed by atoms with E-state index in [0.29, 0.717) is 58.0 Å². The Hall–Kier alpha value is -1.88. The first kappa shape index (κ1) is 29.6. The van der Waals surface area contributed by atoms with Crippen molar-refractivity contribution in [3.8, 4) is 0 Å². The average molecular weight is 552 g/mol. The molecule has 0 aliphatic heterocycles. The molecule has 5 rings (SSSR count). The standard InChI is InChI=1S/C35H53NO4/c1-21(11-14-31(38)40-6)28-12-13-29-32-22(2)17-25-19-26(36-33(39)27-10-8-7-9-24(27)20-37)15-16-34(25,4)30(32)18-23(3)35(28,29)5/h7-10,21-23,25-26,28-30,32,37H,11-20H2,1-6H3,(H,36,39). The van der Waals surface area contributed by atoms with E-state index in [-0.39, 0.29) is 24.5 Å². The number of ether oxygens (including phenoxy) is 1. The number of nitrogens with one attached hydrogen (secondary N) is 1. The Bertz CT molecular complexity index is 1090. The third kappa shape index (κ3) is 4.92. The molecule has 0 radical (unpaired) electrons. The lowest BCUT2D eigenvalue weighted by molar-refractivity contribution is -0.161. The predicted molar refractivity (Wildman–Crippen MR) is 158 cm³/mol. The lowest BCUT2D eigenvalue weighted by Gasteiger charge is -2.65. The number of hydrogen-bond donors (Lipinski definition) is 2. The molecule has 0 bridgehead atoms. The van der Waals surface area contributed by atoms with Gasteiger partial charge in [-0.1, -0.05) is 52.8 Å². The van der Waals surface area contributed by atoms with E-state index in [1.165, 1.54) is 39.2 Å². The maximum absolute atomic E-state index is 13.2. The Morgan fingerprint density at radius 3 is 2.55 bits per heavy atom. The number of rotatable bonds is 7. The molecular formula is C35H53NO4. The fourth-order valence-electron chi connectivity index (χ4n) is 10.9. The number of benzene rings is 1. The molecule has 4 aliphatic rings. The second-order valence-corrected chi connectivity index (χ2v) is 14.7. The molecule has 0 heterocycles. The van der Waals surface area contributed by atoms with Crippen LogP contribution >= 0.6 is 0 Å². The van der Waals surface area contributed by atoms with Gasteiger partial charge in [0.1, 0.15) is 0 Å². The maximum Gasteiger partial charge on any atom is 0.305 e. The summed E-state index contributed by atoms with van der Waals surface area (Å²) >= 11 is 0. The summed E-state index contributed by atoms with van der Waals surface area (Å²) in [6.07, 6.45) is 9.99. The number of fused-ring (bicyclic) bond motifs is 5. The minimum atomic E-state index is -0.112. The monoisotopic (exact) mass is 551 g/mol.